The van der Waals surface area contributed by atoms with Crippen molar-refractivity contribution in [2.24, 2.45) is 5.73 Å². The van der Waals surface area contributed by atoms with E-state index in [4.69, 9.17) is 10.5 Å². The van der Waals surface area contributed by atoms with E-state index >= 15 is 0 Å². The summed E-state index contributed by atoms with van der Waals surface area (Å²) < 4.78 is 6.14. The third-order valence-corrected chi connectivity index (χ3v) is 4.01. The number of hydrogen-bond donors (Lipinski definition) is 2. The summed E-state index contributed by atoms with van der Waals surface area (Å²) in [5.41, 5.74) is 9.02. The van der Waals surface area contributed by atoms with Gasteiger partial charge in [0.1, 0.15) is 5.75 Å². The largest absolute Gasteiger partial charge is 0.497 e. The molecule has 0 atom stereocenters. The van der Waals surface area contributed by atoms with Gasteiger partial charge in [0.2, 0.25) is 0 Å². The summed E-state index contributed by atoms with van der Waals surface area (Å²) in [5, 5.41) is 2.91. The van der Waals surface area contributed by atoms with Gasteiger partial charge in [0.05, 0.1) is 7.11 Å². The van der Waals surface area contributed by atoms with Crippen molar-refractivity contribution in [3.8, 4) is 5.75 Å². The predicted octanol–water partition coefficient (Wildman–Crippen LogP) is 3.58. The molecule has 0 unspecified atom stereocenters. The number of benzene rings is 2. The Balaban J connectivity index is 2.24. The van der Waals surface area contributed by atoms with Crippen molar-refractivity contribution in [1.82, 2.24) is 5.32 Å². The maximum absolute atomic E-state index is 12.4. The molecule has 23 heavy (non-hydrogen) atoms. The van der Waals surface area contributed by atoms with Gasteiger partial charge in [0.25, 0.3) is 5.91 Å². The summed E-state index contributed by atoms with van der Waals surface area (Å²) in [6.45, 7) is 2.19. The van der Waals surface area contributed by atoms with Crippen LogP contribution in [0.4, 0.5) is 0 Å². The minimum atomic E-state index is -0.190. The van der Waals surface area contributed by atoms with Crippen LogP contribution in [0.5, 0.6) is 5.75 Å². The molecule has 4 nitrogen and oxygen atoms in total. The molecule has 0 aliphatic heterocycles. The van der Waals surface area contributed by atoms with E-state index in [2.05, 4.69) is 21.2 Å². The molecule has 0 saturated carbocycles. The van der Waals surface area contributed by atoms with Gasteiger partial charge < -0.3 is 15.8 Å². The van der Waals surface area contributed by atoms with Crippen LogP contribution in [0, 0.1) is 0 Å². The Bertz CT molecular complexity index is 724. The standard InChI is InChI=1S/C18H19BrN2O2/c1-12(17(11-20)13-6-8-15(19)9-7-13)21-18(22)14-4-3-5-16(10-14)23-2/h3-10H,11,20H2,1-2H3,(H,21,22). The lowest BCUT2D eigenvalue weighted by Gasteiger charge is -2.13. The van der Waals surface area contributed by atoms with Crippen LogP contribution in [0.3, 0.4) is 0 Å². The summed E-state index contributed by atoms with van der Waals surface area (Å²) in [4.78, 5) is 12.4. The Morgan fingerprint density at radius 1 is 1.17 bits per heavy atom. The van der Waals surface area contributed by atoms with Crippen LogP contribution in [-0.4, -0.2) is 19.6 Å². The molecule has 0 aliphatic carbocycles. The topological polar surface area (TPSA) is 64.3 Å². The lowest BCUT2D eigenvalue weighted by molar-refractivity contribution is 0.0966. The monoisotopic (exact) mass is 374 g/mol. The molecule has 0 radical (unpaired) electrons. The van der Waals surface area contributed by atoms with E-state index in [1.807, 2.05) is 31.2 Å². The molecule has 0 spiro atoms. The number of carbonyl (C=O) groups is 1. The maximum atomic E-state index is 12.4. The van der Waals surface area contributed by atoms with Gasteiger partial charge in [-0.3, -0.25) is 4.79 Å². The van der Waals surface area contributed by atoms with Gasteiger partial charge in [0.15, 0.2) is 0 Å². The first-order chi connectivity index (χ1) is 11.0. The minimum absolute atomic E-state index is 0.190. The molecule has 2 aromatic rings. The first kappa shape index (κ1) is 17.2. The van der Waals surface area contributed by atoms with Crippen molar-refractivity contribution in [1.29, 1.82) is 0 Å². The zero-order chi connectivity index (χ0) is 16.8. The predicted molar refractivity (Wildman–Crippen MR) is 96.3 cm³/mol. The average molecular weight is 375 g/mol. The lowest BCUT2D eigenvalue weighted by Crippen LogP contribution is -2.23. The summed E-state index contributed by atoms with van der Waals surface area (Å²) in [7, 11) is 1.57. The SMILES string of the molecule is COc1cccc(C(=O)NC(C)=C(CN)c2ccc(Br)cc2)c1. The lowest BCUT2D eigenvalue weighted by atomic mass is 10.0. The number of nitrogens with one attached hydrogen (secondary N) is 1. The van der Waals surface area contributed by atoms with Gasteiger partial charge in [-0.05, 0) is 48.4 Å². The Hall–Kier alpha value is -2.11. The van der Waals surface area contributed by atoms with E-state index in [-0.39, 0.29) is 5.91 Å². The fraction of sp³-hybridized carbons (Fsp3) is 0.167. The van der Waals surface area contributed by atoms with Gasteiger partial charge >= 0.3 is 0 Å². The molecule has 1 amide bonds. The molecule has 2 aromatic carbocycles. The molecule has 0 bridgehead atoms. The Morgan fingerprint density at radius 3 is 2.48 bits per heavy atom. The summed E-state index contributed by atoms with van der Waals surface area (Å²) in [5.74, 6) is 0.454. The van der Waals surface area contributed by atoms with Crippen molar-refractivity contribution < 1.29 is 9.53 Å². The molecular formula is C18H19BrN2O2. The average Bonchev–Trinajstić information content (AvgIpc) is 2.57. The highest BCUT2D eigenvalue weighted by atomic mass is 79.9. The van der Waals surface area contributed by atoms with Crippen LogP contribution in [0.25, 0.3) is 5.57 Å². The van der Waals surface area contributed by atoms with Gasteiger partial charge in [-0.1, -0.05) is 34.1 Å². The van der Waals surface area contributed by atoms with Crippen LogP contribution in [0.15, 0.2) is 58.7 Å². The van der Waals surface area contributed by atoms with Gasteiger partial charge in [-0.25, -0.2) is 0 Å². The smallest absolute Gasteiger partial charge is 0.255 e. The van der Waals surface area contributed by atoms with Crippen LogP contribution in [0.2, 0.25) is 0 Å². The highest BCUT2D eigenvalue weighted by molar-refractivity contribution is 9.10. The molecular weight excluding hydrogens is 356 g/mol. The van der Waals surface area contributed by atoms with Gasteiger partial charge in [-0.15, -0.1) is 0 Å². The number of rotatable bonds is 5. The minimum Gasteiger partial charge on any atom is -0.497 e. The number of halogens is 1. The van der Waals surface area contributed by atoms with Crippen LogP contribution in [0.1, 0.15) is 22.8 Å². The fourth-order valence-corrected chi connectivity index (χ4v) is 2.49. The Labute approximate surface area is 144 Å². The van der Waals surface area contributed by atoms with Gasteiger partial charge in [0, 0.05) is 22.3 Å². The maximum Gasteiger partial charge on any atom is 0.255 e. The second-order valence-corrected chi connectivity index (χ2v) is 5.92. The van der Waals surface area contributed by atoms with E-state index in [9.17, 15) is 4.79 Å². The fourth-order valence-electron chi connectivity index (χ4n) is 2.22. The van der Waals surface area contributed by atoms with Crippen LogP contribution >= 0.6 is 15.9 Å². The zero-order valence-electron chi connectivity index (χ0n) is 13.1. The second-order valence-electron chi connectivity index (χ2n) is 5.00. The first-order valence-corrected chi connectivity index (χ1v) is 7.95. The van der Waals surface area contributed by atoms with E-state index in [1.54, 1.807) is 31.4 Å². The first-order valence-electron chi connectivity index (χ1n) is 7.16. The number of amides is 1. The van der Waals surface area contributed by atoms with E-state index < -0.39 is 0 Å². The number of ether oxygens (including phenoxy) is 1. The number of allylic oxidation sites excluding steroid dienone is 1. The quantitative estimate of drug-likeness (QED) is 0.840. The van der Waals surface area contributed by atoms with Crippen molar-refractivity contribution in [3.63, 3.8) is 0 Å². The molecule has 0 saturated heterocycles. The molecule has 0 heterocycles. The van der Waals surface area contributed by atoms with Crippen molar-refractivity contribution in [3.05, 3.63) is 69.8 Å². The van der Waals surface area contributed by atoms with Crippen molar-refractivity contribution >= 4 is 27.4 Å². The second kappa shape index (κ2) is 7.94. The van der Waals surface area contributed by atoms with Crippen molar-refractivity contribution in [2.75, 3.05) is 13.7 Å². The number of methoxy groups -OCH3 is 1. The molecule has 5 heteroatoms. The summed E-state index contributed by atoms with van der Waals surface area (Å²) in [6, 6.07) is 14.8. The third kappa shape index (κ3) is 4.43. The number of carbonyl (C=O) groups excluding carboxylic acids is 1. The number of nitrogens with two attached hydrogens (primary N) is 1. The highest BCUT2D eigenvalue weighted by Gasteiger charge is 2.10. The molecule has 0 fully saturated rings. The molecule has 0 aromatic heterocycles. The van der Waals surface area contributed by atoms with Gasteiger partial charge in [-0.2, -0.15) is 0 Å². The molecule has 3 N–H and O–H groups in total. The Kier molecular flexibility index (Phi) is 5.96. The van der Waals surface area contributed by atoms with E-state index in [0.717, 1.165) is 21.3 Å². The van der Waals surface area contributed by atoms with Crippen LogP contribution in [-0.2, 0) is 0 Å². The molecule has 120 valence electrons. The zero-order valence-corrected chi connectivity index (χ0v) is 14.7. The highest BCUT2D eigenvalue weighted by Crippen LogP contribution is 2.20. The summed E-state index contributed by atoms with van der Waals surface area (Å²) >= 11 is 3.41. The molecule has 2 rings (SSSR count). The van der Waals surface area contributed by atoms with Crippen LogP contribution < -0.4 is 15.8 Å². The van der Waals surface area contributed by atoms with E-state index in [0.29, 0.717) is 17.9 Å². The number of hydrogen-bond acceptors (Lipinski definition) is 3. The normalized spacial score (nSPS) is 11.7. The van der Waals surface area contributed by atoms with Crippen molar-refractivity contribution in [2.45, 2.75) is 6.92 Å². The third-order valence-electron chi connectivity index (χ3n) is 3.48. The summed E-state index contributed by atoms with van der Waals surface area (Å²) in [6.07, 6.45) is 0. The van der Waals surface area contributed by atoms with E-state index in [1.165, 1.54) is 0 Å². The Morgan fingerprint density at radius 2 is 1.87 bits per heavy atom. The molecule has 0 aliphatic rings.